The Balaban J connectivity index is 1.87. The molecule has 0 saturated heterocycles. The maximum Gasteiger partial charge on any atom is 0.339 e. The zero-order valence-electron chi connectivity index (χ0n) is 14.6. The van der Waals surface area contributed by atoms with Gasteiger partial charge in [-0.1, -0.05) is 36.7 Å². The monoisotopic (exact) mass is 367 g/mol. The highest BCUT2D eigenvalue weighted by Gasteiger charge is 2.19. The molecule has 0 saturated carbocycles. The number of halogens is 1. The van der Waals surface area contributed by atoms with Crippen molar-refractivity contribution in [3.63, 3.8) is 0 Å². The molecule has 2 aromatic carbocycles. The summed E-state index contributed by atoms with van der Waals surface area (Å²) in [6.45, 7) is 3.52. The Kier molecular flexibility index (Phi) is 5.33. The second-order valence-corrected chi connectivity index (χ2v) is 6.37. The van der Waals surface area contributed by atoms with E-state index in [-0.39, 0.29) is 12.4 Å². The largest absolute Gasteiger partial charge is 0.454 e. The van der Waals surface area contributed by atoms with Crippen molar-refractivity contribution in [2.24, 2.45) is 0 Å². The van der Waals surface area contributed by atoms with Crippen molar-refractivity contribution in [2.75, 3.05) is 6.61 Å². The van der Waals surface area contributed by atoms with Crippen molar-refractivity contribution >= 4 is 34.3 Å². The number of para-hydroxylation sites is 1. The number of ether oxygens (including phenoxy) is 1. The van der Waals surface area contributed by atoms with Crippen molar-refractivity contribution in [3.8, 4) is 0 Å². The van der Waals surface area contributed by atoms with Crippen LogP contribution in [0.4, 0.5) is 0 Å². The van der Waals surface area contributed by atoms with E-state index in [9.17, 15) is 9.59 Å². The van der Waals surface area contributed by atoms with Gasteiger partial charge in [0.25, 0.3) is 0 Å². The fraction of sp³-hybridized carbons (Fsp3) is 0.190. The van der Waals surface area contributed by atoms with Crippen LogP contribution in [0.5, 0.6) is 0 Å². The van der Waals surface area contributed by atoms with Crippen LogP contribution in [0.3, 0.4) is 0 Å². The lowest BCUT2D eigenvalue weighted by Crippen LogP contribution is -2.16. The summed E-state index contributed by atoms with van der Waals surface area (Å²) in [7, 11) is 0. The molecule has 0 radical (unpaired) electrons. The number of ketones is 1. The van der Waals surface area contributed by atoms with Gasteiger partial charge in [0.2, 0.25) is 0 Å². The molecule has 0 N–H and O–H groups in total. The summed E-state index contributed by atoms with van der Waals surface area (Å²) in [6.07, 6.45) is 0.709. The summed E-state index contributed by atoms with van der Waals surface area (Å²) < 4.78 is 5.31. The lowest BCUT2D eigenvalue weighted by Gasteiger charge is -2.13. The first kappa shape index (κ1) is 18.1. The van der Waals surface area contributed by atoms with E-state index in [1.165, 1.54) is 0 Å². The Morgan fingerprint density at radius 1 is 1.08 bits per heavy atom. The molecule has 4 nitrogen and oxygen atoms in total. The van der Waals surface area contributed by atoms with Crippen molar-refractivity contribution in [2.45, 2.75) is 20.3 Å². The minimum Gasteiger partial charge on any atom is -0.454 e. The number of nitrogens with zero attached hydrogens (tertiary/aromatic N) is 1. The molecule has 0 fully saturated rings. The van der Waals surface area contributed by atoms with Crippen LogP contribution in [0, 0.1) is 6.92 Å². The van der Waals surface area contributed by atoms with Crippen LogP contribution in [0.1, 0.15) is 38.9 Å². The van der Waals surface area contributed by atoms with Crippen molar-refractivity contribution in [1.29, 1.82) is 0 Å². The number of aromatic nitrogens is 1. The summed E-state index contributed by atoms with van der Waals surface area (Å²) >= 11 is 5.82. The van der Waals surface area contributed by atoms with Crippen LogP contribution in [0.15, 0.2) is 48.5 Å². The van der Waals surface area contributed by atoms with E-state index in [1.807, 2.05) is 38.1 Å². The molecule has 0 bridgehead atoms. The van der Waals surface area contributed by atoms with Crippen LogP contribution >= 0.6 is 11.6 Å². The number of Topliss-reactive ketones (excluding diaryl/α,β-unsaturated/α-hetero) is 1. The van der Waals surface area contributed by atoms with Gasteiger partial charge in [0.1, 0.15) is 0 Å². The van der Waals surface area contributed by atoms with E-state index < -0.39 is 5.97 Å². The lowest BCUT2D eigenvalue weighted by atomic mass is 10.0. The summed E-state index contributed by atoms with van der Waals surface area (Å²) in [5.41, 5.74) is 3.30. The Labute approximate surface area is 156 Å². The van der Waals surface area contributed by atoms with Gasteiger partial charge in [-0.05, 0) is 49.2 Å². The second-order valence-electron chi connectivity index (χ2n) is 5.94. The van der Waals surface area contributed by atoms with Crippen molar-refractivity contribution in [3.05, 3.63) is 75.9 Å². The molecule has 1 aromatic heterocycles. The number of benzene rings is 2. The fourth-order valence-corrected chi connectivity index (χ4v) is 3.01. The minimum absolute atomic E-state index is 0.276. The van der Waals surface area contributed by atoms with Gasteiger partial charge in [0.05, 0.1) is 11.1 Å². The van der Waals surface area contributed by atoms with Crippen LogP contribution in [0.25, 0.3) is 10.9 Å². The fourth-order valence-electron chi connectivity index (χ4n) is 2.89. The number of fused-ring (bicyclic) bond motifs is 1. The summed E-state index contributed by atoms with van der Waals surface area (Å²) in [4.78, 5) is 29.5. The Morgan fingerprint density at radius 3 is 2.46 bits per heavy atom. The topological polar surface area (TPSA) is 56.3 Å². The highest BCUT2D eigenvalue weighted by Crippen LogP contribution is 2.24. The average molecular weight is 368 g/mol. The normalized spacial score (nSPS) is 10.7. The van der Waals surface area contributed by atoms with E-state index in [2.05, 4.69) is 4.98 Å². The number of carbonyl (C=O) groups is 2. The Hall–Kier alpha value is -2.72. The third kappa shape index (κ3) is 3.60. The molecule has 5 heteroatoms. The number of aryl methyl sites for hydroxylation is 1. The predicted octanol–water partition coefficient (Wildman–Crippen LogP) is 4.80. The lowest BCUT2D eigenvalue weighted by molar-refractivity contribution is 0.0476. The van der Waals surface area contributed by atoms with Gasteiger partial charge in [-0.25, -0.2) is 4.79 Å². The minimum atomic E-state index is -0.516. The number of pyridine rings is 1. The quantitative estimate of drug-likeness (QED) is 0.480. The molecular weight excluding hydrogens is 350 g/mol. The van der Waals surface area contributed by atoms with Gasteiger partial charge in [0, 0.05) is 21.7 Å². The van der Waals surface area contributed by atoms with E-state index in [0.29, 0.717) is 22.6 Å². The number of carbonyl (C=O) groups excluding carboxylic acids is 2. The molecule has 3 rings (SSSR count). The first-order valence-corrected chi connectivity index (χ1v) is 8.73. The third-order valence-corrected chi connectivity index (χ3v) is 4.53. The second kappa shape index (κ2) is 7.67. The molecule has 132 valence electrons. The predicted molar refractivity (Wildman–Crippen MR) is 102 cm³/mol. The highest BCUT2D eigenvalue weighted by atomic mass is 35.5. The van der Waals surface area contributed by atoms with Gasteiger partial charge in [-0.2, -0.15) is 0 Å². The number of hydrogen-bond donors (Lipinski definition) is 0. The number of esters is 1. The first-order valence-electron chi connectivity index (χ1n) is 8.35. The van der Waals surface area contributed by atoms with E-state index in [4.69, 9.17) is 16.3 Å². The van der Waals surface area contributed by atoms with Gasteiger partial charge in [0.15, 0.2) is 12.4 Å². The summed E-state index contributed by atoms with van der Waals surface area (Å²) in [6, 6.07) is 13.9. The maximum atomic E-state index is 12.7. The number of hydrogen-bond acceptors (Lipinski definition) is 4. The van der Waals surface area contributed by atoms with Crippen LogP contribution in [0.2, 0.25) is 5.02 Å². The molecule has 0 amide bonds. The zero-order valence-corrected chi connectivity index (χ0v) is 15.3. The maximum absolute atomic E-state index is 12.7. The average Bonchev–Trinajstić information content (AvgIpc) is 2.66. The molecule has 0 atom stereocenters. The zero-order chi connectivity index (χ0) is 18.7. The van der Waals surface area contributed by atoms with Crippen molar-refractivity contribution in [1.82, 2.24) is 4.98 Å². The third-order valence-electron chi connectivity index (χ3n) is 4.28. The van der Waals surface area contributed by atoms with E-state index >= 15 is 0 Å². The highest BCUT2D eigenvalue weighted by molar-refractivity contribution is 6.30. The van der Waals surface area contributed by atoms with E-state index in [1.54, 1.807) is 24.3 Å². The first-order chi connectivity index (χ1) is 12.5. The van der Waals surface area contributed by atoms with Crippen LogP contribution < -0.4 is 0 Å². The summed E-state index contributed by atoms with van der Waals surface area (Å²) in [5, 5.41) is 1.27. The molecule has 0 aliphatic rings. The molecule has 1 heterocycles. The smallest absolute Gasteiger partial charge is 0.339 e. The van der Waals surface area contributed by atoms with Gasteiger partial charge in [-0.15, -0.1) is 0 Å². The molecule has 0 unspecified atom stereocenters. The van der Waals surface area contributed by atoms with Gasteiger partial charge < -0.3 is 4.74 Å². The van der Waals surface area contributed by atoms with Gasteiger partial charge >= 0.3 is 5.97 Å². The number of rotatable bonds is 5. The molecule has 0 spiro atoms. The molecular formula is C21H18ClNO3. The Bertz CT molecular complexity index is 980. The SMILES string of the molecule is CCc1nc2ccccc2c(C(=O)OCC(=O)c2ccc(Cl)cc2)c1C. The summed E-state index contributed by atoms with van der Waals surface area (Å²) in [5.74, 6) is -0.792. The van der Waals surface area contributed by atoms with Crippen molar-refractivity contribution < 1.29 is 14.3 Å². The standard InChI is InChI=1S/C21H18ClNO3/c1-3-17-13(2)20(16-6-4-5-7-18(16)23-17)21(25)26-12-19(24)14-8-10-15(22)11-9-14/h4-11H,3,12H2,1-2H3. The molecule has 0 aliphatic carbocycles. The van der Waals surface area contributed by atoms with Gasteiger partial charge in [-0.3, -0.25) is 9.78 Å². The molecule has 3 aromatic rings. The van der Waals surface area contributed by atoms with E-state index in [0.717, 1.165) is 22.2 Å². The molecule has 0 aliphatic heterocycles. The van der Waals surface area contributed by atoms with Crippen LogP contribution in [-0.2, 0) is 11.2 Å². The molecule has 26 heavy (non-hydrogen) atoms. The van der Waals surface area contributed by atoms with Crippen LogP contribution in [-0.4, -0.2) is 23.3 Å². The Morgan fingerprint density at radius 2 is 1.77 bits per heavy atom.